The SMILES string of the molecule is Cc1ccc(CNC(=O)[C@H]2CCCN(S(=O)(=O)c3ccc(-n4cnnn4)cc3)C2)cc1. The van der Waals surface area contributed by atoms with Gasteiger partial charge in [0.1, 0.15) is 6.33 Å². The van der Waals surface area contributed by atoms with Crippen LogP contribution in [0.4, 0.5) is 0 Å². The molecule has 1 amide bonds. The third kappa shape index (κ3) is 4.80. The number of carbonyl (C=O) groups excluding carboxylic acids is 1. The second kappa shape index (κ2) is 8.94. The fourth-order valence-corrected chi connectivity index (χ4v) is 5.14. The number of sulfonamides is 1. The molecule has 0 unspecified atom stereocenters. The highest BCUT2D eigenvalue weighted by Gasteiger charge is 2.33. The van der Waals surface area contributed by atoms with Crippen molar-refractivity contribution < 1.29 is 13.2 Å². The van der Waals surface area contributed by atoms with Crippen LogP contribution >= 0.6 is 0 Å². The van der Waals surface area contributed by atoms with Gasteiger partial charge in [-0.15, -0.1) is 5.10 Å². The zero-order valence-corrected chi connectivity index (χ0v) is 18.0. The zero-order chi connectivity index (χ0) is 21.8. The maximum absolute atomic E-state index is 13.1. The molecule has 9 nitrogen and oxygen atoms in total. The maximum Gasteiger partial charge on any atom is 0.243 e. The summed E-state index contributed by atoms with van der Waals surface area (Å²) < 4.78 is 29.1. The summed E-state index contributed by atoms with van der Waals surface area (Å²) in [4.78, 5) is 12.9. The van der Waals surface area contributed by atoms with Gasteiger partial charge in [0, 0.05) is 19.6 Å². The number of hydrogen-bond acceptors (Lipinski definition) is 6. The Labute approximate surface area is 181 Å². The first-order valence-electron chi connectivity index (χ1n) is 10.1. The minimum absolute atomic E-state index is 0.116. The van der Waals surface area contributed by atoms with E-state index in [1.807, 2.05) is 31.2 Å². The van der Waals surface area contributed by atoms with Crippen molar-refractivity contribution >= 4 is 15.9 Å². The molecule has 10 heteroatoms. The molecule has 1 aliphatic rings. The summed E-state index contributed by atoms with van der Waals surface area (Å²) in [7, 11) is -3.69. The number of aryl methyl sites for hydroxylation is 1. The first kappa shape index (κ1) is 21.1. The molecule has 0 aliphatic carbocycles. The van der Waals surface area contributed by atoms with E-state index in [4.69, 9.17) is 0 Å². The molecule has 1 atom stereocenters. The summed E-state index contributed by atoms with van der Waals surface area (Å²) in [5.41, 5.74) is 2.84. The highest BCUT2D eigenvalue weighted by molar-refractivity contribution is 7.89. The van der Waals surface area contributed by atoms with Crippen molar-refractivity contribution in [2.75, 3.05) is 13.1 Å². The smallest absolute Gasteiger partial charge is 0.243 e. The van der Waals surface area contributed by atoms with Crippen LogP contribution in [0.5, 0.6) is 0 Å². The Kier molecular flexibility index (Phi) is 6.10. The molecule has 1 fully saturated rings. The van der Waals surface area contributed by atoms with Gasteiger partial charge in [0.25, 0.3) is 0 Å². The highest BCUT2D eigenvalue weighted by Crippen LogP contribution is 2.24. The molecule has 3 aromatic rings. The average molecular weight is 441 g/mol. The minimum atomic E-state index is -3.69. The number of benzene rings is 2. The van der Waals surface area contributed by atoms with Crippen molar-refractivity contribution in [1.29, 1.82) is 0 Å². The van der Waals surface area contributed by atoms with Gasteiger partial charge in [-0.3, -0.25) is 4.79 Å². The van der Waals surface area contributed by atoms with Gasteiger partial charge in [0.15, 0.2) is 0 Å². The van der Waals surface area contributed by atoms with Gasteiger partial charge in [-0.05, 0) is 60.0 Å². The number of aromatic nitrogens is 4. The number of carbonyl (C=O) groups is 1. The predicted molar refractivity (Wildman–Crippen MR) is 114 cm³/mol. The van der Waals surface area contributed by atoms with Crippen molar-refractivity contribution in [3.8, 4) is 5.69 Å². The topological polar surface area (TPSA) is 110 Å². The van der Waals surface area contributed by atoms with Crippen molar-refractivity contribution in [2.45, 2.75) is 31.2 Å². The van der Waals surface area contributed by atoms with E-state index in [-0.39, 0.29) is 23.3 Å². The Bertz CT molecular complexity index is 1130. The molecule has 31 heavy (non-hydrogen) atoms. The van der Waals surface area contributed by atoms with Crippen LogP contribution in [-0.4, -0.2) is 51.9 Å². The first-order chi connectivity index (χ1) is 14.9. The molecular weight excluding hydrogens is 416 g/mol. The summed E-state index contributed by atoms with van der Waals surface area (Å²) in [6, 6.07) is 14.3. The lowest BCUT2D eigenvalue weighted by molar-refractivity contribution is -0.126. The van der Waals surface area contributed by atoms with E-state index in [2.05, 4.69) is 20.8 Å². The van der Waals surface area contributed by atoms with Crippen LogP contribution in [0, 0.1) is 12.8 Å². The minimum Gasteiger partial charge on any atom is -0.352 e. The largest absolute Gasteiger partial charge is 0.352 e. The monoisotopic (exact) mass is 440 g/mol. The van der Waals surface area contributed by atoms with Crippen LogP contribution in [-0.2, 0) is 21.4 Å². The molecule has 1 aliphatic heterocycles. The molecular formula is C21H24N6O3S. The van der Waals surface area contributed by atoms with Gasteiger partial charge < -0.3 is 5.32 Å². The second-order valence-electron chi connectivity index (χ2n) is 7.65. The number of nitrogens with one attached hydrogen (secondary N) is 1. The molecule has 0 spiro atoms. The van der Waals surface area contributed by atoms with E-state index in [1.54, 1.807) is 12.1 Å². The molecule has 0 bridgehead atoms. The summed E-state index contributed by atoms with van der Waals surface area (Å²) in [5.74, 6) is -0.482. The molecule has 1 saturated heterocycles. The summed E-state index contributed by atoms with van der Waals surface area (Å²) in [6.45, 7) is 3.02. The van der Waals surface area contributed by atoms with Crippen molar-refractivity contribution in [3.05, 3.63) is 66.0 Å². The number of piperidine rings is 1. The predicted octanol–water partition coefficient (Wildman–Crippen LogP) is 1.69. The average Bonchev–Trinajstić information content (AvgIpc) is 3.34. The van der Waals surface area contributed by atoms with Crippen LogP contribution < -0.4 is 5.32 Å². The van der Waals surface area contributed by atoms with Gasteiger partial charge in [-0.25, -0.2) is 13.1 Å². The molecule has 4 rings (SSSR count). The fraction of sp³-hybridized carbons (Fsp3) is 0.333. The van der Waals surface area contributed by atoms with Gasteiger partial charge in [-0.1, -0.05) is 29.8 Å². The number of amides is 1. The first-order valence-corrected chi connectivity index (χ1v) is 11.5. The van der Waals surface area contributed by atoms with E-state index in [0.29, 0.717) is 31.6 Å². The summed E-state index contributed by atoms with van der Waals surface area (Å²) >= 11 is 0. The second-order valence-corrected chi connectivity index (χ2v) is 9.59. The Morgan fingerprint density at radius 2 is 1.87 bits per heavy atom. The van der Waals surface area contributed by atoms with Gasteiger partial charge in [-0.2, -0.15) is 4.31 Å². The van der Waals surface area contributed by atoms with E-state index in [1.165, 1.54) is 27.4 Å². The maximum atomic E-state index is 13.1. The molecule has 2 aromatic carbocycles. The van der Waals surface area contributed by atoms with Crippen molar-refractivity contribution in [1.82, 2.24) is 29.8 Å². The Morgan fingerprint density at radius 3 is 2.55 bits per heavy atom. The standard InChI is InChI=1S/C21H24N6O3S/c1-16-4-6-17(7-5-16)13-22-21(28)18-3-2-12-26(14-18)31(29,30)20-10-8-19(9-11-20)27-15-23-24-25-27/h4-11,15,18H,2-3,12-14H2,1H3,(H,22,28)/t18-/m0/s1. The van der Waals surface area contributed by atoms with Crippen molar-refractivity contribution in [3.63, 3.8) is 0 Å². The molecule has 162 valence electrons. The number of tetrazole rings is 1. The molecule has 2 heterocycles. The third-order valence-corrected chi connectivity index (χ3v) is 7.31. The lowest BCUT2D eigenvalue weighted by atomic mass is 9.98. The molecule has 0 radical (unpaired) electrons. The zero-order valence-electron chi connectivity index (χ0n) is 17.2. The van der Waals surface area contributed by atoms with E-state index in [0.717, 1.165) is 11.1 Å². The van der Waals surface area contributed by atoms with E-state index >= 15 is 0 Å². The number of rotatable bonds is 6. The quantitative estimate of drug-likeness (QED) is 0.625. The number of nitrogens with zero attached hydrogens (tertiary/aromatic N) is 5. The van der Waals surface area contributed by atoms with E-state index < -0.39 is 10.0 Å². The van der Waals surface area contributed by atoms with Gasteiger partial charge >= 0.3 is 0 Å². The van der Waals surface area contributed by atoms with E-state index in [9.17, 15) is 13.2 Å². The molecule has 0 saturated carbocycles. The van der Waals surface area contributed by atoms with Gasteiger partial charge in [0.05, 0.1) is 16.5 Å². The number of hydrogen-bond donors (Lipinski definition) is 1. The normalized spacial score (nSPS) is 17.4. The van der Waals surface area contributed by atoms with Crippen LogP contribution in [0.25, 0.3) is 5.69 Å². The lowest BCUT2D eigenvalue weighted by Gasteiger charge is -2.31. The Balaban J connectivity index is 1.40. The summed E-state index contributed by atoms with van der Waals surface area (Å²) in [5, 5.41) is 13.9. The van der Waals surface area contributed by atoms with Crippen molar-refractivity contribution in [2.24, 2.45) is 5.92 Å². The van der Waals surface area contributed by atoms with Crippen LogP contribution in [0.2, 0.25) is 0 Å². The van der Waals surface area contributed by atoms with Crippen LogP contribution in [0.1, 0.15) is 24.0 Å². The highest BCUT2D eigenvalue weighted by atomic mass is 32.2. The third-order valence-electron chi connectivity index (χ3n) is 5.43. The molecule has 1 aromatic heterocycles. The van der Waals surface area contributed by atoms with Crippen LogP contribution in [0.15, 0.2) is 59.8 Å². The van der Waals surface area contributed by atoms with Gasteiger partial charge in [0.2, 0.25) is 15.9 Å². The van der Waals surface area contributed by atoms with Crippen LogP contribution in [0.3, 0.4) is 0 Å². The Hall–Kier alpha value is -3.11. The summed E-state index contributed by atoms with van der Waals surface area (Å²) in [6.07, 6.45) is 2.75. The molecule has 1 N–H and O–H groups in total. The fourth-order valence-electron chi connectivity index (χ4n) is 3.61. The lowest BCUT2D eigenvalue weighted by Crippen LogP contribution is -2.45. The Morgan fingerprint density at radius 1 is 1.13 bits per heavy atom.